The number of sulfonamides is 1. The molecule has 0 aliphatic rings. The lowest BCUT2D eigenvalue weighted by Crippen LogP contribution is -2.45. The molecule has 0 aliphatic heterocycles. The Hall–Kier alpha value is -1.45. The van der Waals surface area contributed by atoms with Gasteiger partial charge in [0.2, 0.25) is 5.91 Å². The van der Waals surface area contributed by atoms with Gasteiger partial charge in [-0.25, -0.2) is 17.9 Å². The zero-order valence-corrected chi connectivity index (χ0v) is 12.5. The van der Waals surface area contributed by atoms with Crippen molar-refractivity contribution in [2.45, 2.75) is 30.0 Å². The van der Waals surface area contributed by atoms with E-state index in [1.165, 1.54) is 6.07 Å². The van der Waals surface area contributed by atoms with Crippen molar-refractivity contribution in [2.24, 2.45) is 0 Å². The number of carbonyl (C=O) groups excluding carboxylic acids is 1. The maximum Gasteiger partial charge on any atom is 0.326 e. The number of nitrogens with one attached hydrogen (secondary N) is 2. The number of thiophene rings is 1. The molecule has 0 aromatic carbocycles. The Morgan fingerprint density at radius 1 is 1.45 bits per heavy atom. The Balaban J connectivity index is 2.53. The predicted octanol–water partition coefficient (Wildman–Crippen LogP) is 0.396. The Morgan fingerprint density at radius 3 is 2.65 bits per heavy atom. The lowest BCUT2D eigenvalue weighted by Gasteiger charge is -2.13. The van der Waals surface area contributed by atoms with E-state index in [0.717, 1.165) is 11.3 Å². The molecule has 1 atom stereocenters. The summed E-state index contributed by atoms with van der Waals surface area (Å²) in [7, 11) is -3.72. The van der Waals surface area contributed by atoms with Crippen LogP contribution < -0.4 is 10.0 Å². The molecule has 0 fully saturated rings. The van der Waals surface area contributed by atoms with Crippen molar-refractivity contribution in [1.29, 1.82) is 0 Å². The third-order valence-electron chi connectivity index (χ3n) is 2.39. The van der Waals surface area contributed by atoms with Gasteiger partial charge in [0, 0.05) is 0 Å². The highest BCUT2D eigenvalue weighted by atomic mass is 32.2. The fourth-order valence-electron chi connectivity index (χ4n) is 1.44. The van der Waals surface area contributed by atoms with Gasteiger partial charge in [0.15, 0.2) is 0 Å². The van der Waals surface area contributed by atoms with Gasteiger partial charge in [-0.3, -0.25) is 4.79 Å². The van der Waals surface area contributed by atoms with E-state index >= 15 is 0 Å². The summed E-state index contributed by atoms with van der Waals surface area (Å²) in [5, 5.41) is 12.8. The summed E-state index contributed by atoms with van der Waals surface area (Å²) in [6.07, 6.45) is 0.886. The lowest BCUT2D eigenvalue weighted by molar-refractivity contribution is -0.141. The maximum absolute atomic E-state index is 11.7. The van der Waals surface area contributed by atoms with Crippen molar-refractivity contribution in [2.75, 3.05) is 6.54 Å². The standard InChI is InChI=1S/C11H16N2O5S2/c1-2-4-8(11(15)16)13-9(14)7-12-20(17,18)10-5-3-6-19-10/h3,5-6,8,12H,2,4,7H2,1H3,(H,13,14)(H,15,16). The molecule has 20 heavy (non-hydrogen) atoms. The summed E-state index contributed by atoms with van der Waals surface area (Å²) in [4.78, 5) is 22.4. The second-order valence-corrected chi connectivity index (χ2v) is 6.95. The van der Waals surface area contributed by atoms with Gasteiger partial charge in [0.05, 0.1) is 6.54 Å². The van der Waals surface area contributed by atoms with Crippen LogP contribution in [0.15, 0.2) is 21.7 Å². The number of aliphatic carboxylic acids is 1. The van der Waals surface area contributed by atoms with Gasteiger partial charge < -0.3 is 10.4 Å². The van der Waals surface area contributed by atoms with Crippen molar-refractivity contribution in [3.05, 3.63) is 17.5 Å². The lowest BCUT2D eigenvalue weighted by atomic mass is 10.2. The quantitative estimate of drug-likeness (QED) is 0.641. The van der Waals surface area contributed by atoms with Gasteiger partial charge in [-0.2, -0.15) is 0 Å². The molecule has 1 aromatic rings. The van der Waals surface area contributed by atoms with E-state index in [1.807, 2.05) is 0 Å². The molecule has 9 heteroatoms. The number of hydrogen-bond acceptors (Lipinski definition) is 5. The minimum atomic E-state index is -3.72. The molecule has 7 nitrogen and oxygen atoms in total. The van der Waals surface area contributed by atoms with Crippen molar-refractivity contribution >= 4 is 33.2 Å². The Bertz CT molecular complexity index is 553. The third-order valence-corrected chi connectivity index (χ3v) is 5.19. The molecule has 0 saturated heterocycles. The first kappa shape index (κ1) is 16.6. The summed E-state index contributed by atoms with van der Waals surface area (Å²) >= 11 is 1.03. The smallest absolute Gasteiger partial charge is 0.326 e. The summed E-state index contributed by atoms with van der Waals surface area (Å²) in [5.41, 5.74) is 0. The van der Waals surface area contributed by atoms with E-state index in [0.29, 0.717) is 12.8 Å². The first-order valence-corrected chi connectivity index (χ1v) is 8.28. The molecular weight excluding hydrogens is 304 g/mol. The van der Waals surface area contributed by atoms with Gasteiger partial charge in [-0.1, -0.05) is 19.4 Å². The van der Waals surface area contributed by atoms with E-state index in [4.69, 9.17) is 5.11 Å². The van der Waals surface area contributed by atoms with Gasteiger partial charge in [0.1, 0.15) is 10.3 Å². The molecule has 1 heterocycles. The van der Waals surface area contributed by atoms with Crippen LogP contribution in [-0.2, 0) is 19.6 Å². The van der Waals surface area contributed by atoms with Crippen LogP contribution in [0.3, 0.4) is 0 Å². The van der Waals surface area contributed by atoms with Crippen LogP contribution in [0.1, 0.15) is 19.8 Å². The van der Waals surface area contributed by atoms with Crippen LogP contribution >= 0.6 is 11.3 Å². The second-order valence-electron chi connectivity index (χ2n) is 4.00. The zero-order chi connectivity index (χ0) is 15.2. The Kier molecular flexibility index (Phi) is 6.11. The van der Waals surface area contributed by atoms with Crippen LogP contribution in [0, 0.1) is 0 Å². The molecule has 1 amide bonds. The highest BCUT2D eigenvalue weighted by Crippen LogP contribution is 2.14. The van der Waals surface area contributed by atoms with Crippen molar-refractivity contribution in [3.63, 3.8) is 0 Å². The number of rotatable bonds is 8. The average molecular weight is 320 g/mol. The number of hydrogen-bond donors (Lipinski definition) is 3. The van der Waals surface area contributed by atoms with E-state index in [9.17, 15) is 18.0 Å². The minimum absolute atomic E-state index is 0.105. The fourth-order valence-corrected chi connectivity index (χ4v) is 3.46. The topological polar surface area (TPSA) is 113 Å². The van der Waals surface area contributed by atoms with E-state index in [-0.39, 0.29) is 4.21 Å². The maximum atomic E-state index is 11.7. The normalized spacial score (nSPS) is 12.8. The molecule has 0 radical (unpaired) electrons. The van der Waals surface area contributed by atoms with E-state index in [2.05, 4.69) is 10.0 Å². The van der Waals surface area contributed by atoms with Crippen LogP contribution in [0.4, 0.5) is 0 Å². The highest BCUT2D eigenvalue weighted by Gasteiger charge is 2.21. The van der Waals surface area contributed by atoms with Crippen LogP contribution in [0.25, 0.3) is 0 Å². The number of amides is 1. The molecule has 0 bridgehead atoms. The molecule has 0 spiro atoms. The summed E-state index contributed by atoms with van der Waals surface area (Å²) in [5.74, 6) is -1.81. The fraction of sp³-hybridized carbons (Fsp3) is 0.455. The van der Waals surface area contributed by atoms with Gasteiger partial charge >= 0.3 is 5.97 Å². The summed E-state index contributed by atoms with van der Waals surface area (Å²) < 4.78 is 25.7. The van der Waals surface area contributed by atoms with Crippen molar-refractivity contribution in [1.82, 2.24) is 10.0 Å². The first-order chi connectivity index (χ1) is 9.36. The SMILES string of the molecule is CCCC(NC(=O)CNS(=O)(=O)c1cccs1)C(=O)O. The molecule has 3 N–H and O–H groups in total. The predicted molar refractivity (Wildman–Crippen MR) is 74.0 cm³/mol. The molecular formula is C11H16N2O5S2. The van der Waals surface area contributed by atoms with Crippen LogP contribution in [0.2, 0.25) is 0 Å². The highest BCUT2D eigenvalue weighted by molar-refractivity contribution is 7.91. The van der Waals surface area contributed by atoms with E-state index < -0.39 is 34.5 Å². The average Bonchev–Trinajstić information content (AvgIpc) is 2.90. The largest absolute Gasteiger partial charge is 0.480 e. The number of carboxylic acid groups (broad SMARTS) is 1. The molecule has 1 aromatic heterocycles. The first-order valence-electron chi connectivity index (χ1n) is 5.92. The molecule has 0 aliphatic carbocycles. The number of carbonyl (C=O) groups is 2. The third kappa shape index (κ3) is 4.91. The van der Waals surface area contributed by atoms with Gasteiger partial charge in [0.25, 0.3) is 10.0 Å². The second kappa shape index (κ2) is 7.36. The molecule has 112 valence electrons. The molecule has 0 saturated carbocycles. The van der Waals surface area contributed by atoms with Crippen LogP contribution in [0.5, 0.6) is 0 Å². The molecule has 1 rings (SSSR count). The van der Waals surface area contributed by atoms with Gasteiger partial charge in [-0.15, -0.1) is 11.3 Å². The van der Waals surface area contributed by atoms with Crippen molar-refractivity contribution in [3.8, 4) is 0 Å². The Labute approximate surface area is 121 Å². The summed E-state index contributed by atoms with van der Waals surface area (Å²) in [6, 6.07) is 2.00. The molecule has 1 unspecified atom stereocenters. The monoisotopic (exact) mass is 320 g/mol. The van der Waals surface area contributed by atoms with E-state index in [1.54, 1.807) is 18.4 Å². The minimum Gasteiger partial charge on any atom is -0.480 e. The van der Waals surface area contributed by atoms with Crippen molar-refractivity contribution < 1.29 is 23.1 Å². The summed E-state index contributed by atoms with van der Waals surface area (Å²) in [6.45, 7) is 1.30. The Morgan fingerprint density at radius 2 is 2.15 bits per heavy atom. The van der Waals surface area contributed by atoms with Crippen LogP contribution in [-0.4, -0.2) is 38.0 Å². The zero-order valence-electron chi connectivity index (χ0n) is 10.8. The number of carboxylic acids is 1. The van der Waals surface area contributed by atoms with Gasteiger partial charge in [-0.05, 0) is 17.9 Å².